The van der Waals surface area contributed by atoms with Crippen molar-refractivity contribution in [1.82, 2.24) is 0 Å². The summed E-state index contributed by atoms with van der Waals surface area (Å²) in [7, 11) is -2.39. The van der Waals surface area contributed by atoms with Crippen LogP contribution in [0, 0.1) is 0 Å². The highest BCUT2D eigenvalue weighted by atomic mass is 31.1. The first-order valence-electron chi connectivity index (χ1n) is 10.7. The van der Waals surface area contributed by atoms with Crippen LogP contribution in [0.2, 0.25) is 0 Å². The molecule has 0 aliphatic rings. The highest BCUT2D eigenvalue weighted by molar-refractivity contribution is 7.59. The third-order valence-corrected chi connectivity index (χ3v) is 5.47. The van der Waals surface area contributed by atoms with Crippen LogP contribution in [-0.4, -0.2) is 35.1 Å². The van der Waals surface area contributed by atoms with Crippen LogP contribution in [0.4, 0.5) is 0 Å². The summed E-state index contributed by atoms with van der Waals surface area (Å²) in [5.74, 6) is 0. The summed E-state index contributed by atoms with van der Waals surface area (Å²) in [6, 6.07) is 0. The minimum Gasteiger partial charge on any atom is -0.394 e. The molecule has 0 radical (unpaired) electrons. The van der Waals surface area contributed by atoms with Gasteiger partial charge in [0, 0.05) is 0 Å². The molecule has 0 aromatic heterocycles. The fraction of sp³-hybridized carbons (Fsp3) is 0.857. The molecule has 0 spiro atoms. The average molecular weight is 404 g/mol. The Balaban J connectivity index is 3.38. The third-order valence-electron chi connectivity index (χ3n) is 4.45. The molecule has 2 N–H and O–H groups in total. The van der Waals surface area contributed by atoms with Gasteiger partial charge in [-0.05, 0) is 36.7 Å². The number of hydrogen-bond acceptors (Lipinski definition) is 5. The summed E-state index contributed by atoms with van der Waals surface area (Å²) in [6.45, 7) is 1.50. The highest BCUT2D eigenvalue weighted by Gasteiger charge is 2.30. The summed E-state index contributed by atoms with van der Waals surface area (Å²) >= 11 is 0. The molecule has 0 rings (SSSR count). The second-order valence-corrected chi connectivity index (χ2v) is 8.39. The molecule has 0 aromatic rings. The topological polar surface area (TPSA) is 83.8 Å². The number of allylic oxidation sites excluding steroid dienone is 2. The standard InChI is InChI=1S/C21H40O5P/c1-2-3-4-5-6-7-8-9-10-11-12-13-14-15-16-17-21(24)27(25)26-19-20(23)18-22/h9-10,20,22-23H,2-8,11-19H2,1H3/q+1/b10-9-. The van der Waals surface area contributed by atoms with Crippen molar-refractivity contribution in [3.05, 3.63) is 12.2 Å². The molecule has 0 bridgehead atoms. The van der Waals surface area contributed by atoms with Gasteiger partial charge in [-0.2, -0.15) is 0 Å². The molecule has 0 aliphatic carbocycles. The number of aliphatic hydroxyl groups is 2. The van der Waals surface area contributed by atoms with E-state index in [0.29, 0.717) is 0 Å². The van der Waals surface area contributed by atoms with Crippen LogP contribution < -0.4 is 0 Å². The van der Waals surface area contributed by atoms with E-state index in [1.165, 1.54) is 51.4 Å². The Hall–Kier alpha value is -0.610. The fourth-order valence-corrected chi connectivity index (χ4v) is 3.51. The Bertz CT molecular complexity index is 398. The summed E-state index contributed by atoms with van der Waals surface area (Å²) < 4.78 is 16.3. The molecule has 0 saturated heterocycles. The zero-order chi connectivity index (χ0) is 20.2. The van der Waals surface area contributed by atoms with Gasteiger partial charge in [0.1, 0.15) is 12.7 Å². The normalized spacial score (nSPS) is 13.2. The number of unbranched alkanes of at least 4 members (excludes halogenated alkanes) is 11. The van der Waals surface area contributed by atoms with E-state index in [1.807, 2.05) is 0 Å². The molecule has 0 aliphatic heterocycles. The monoisotopic (exact) mass is 403 g/mol. The molecule has 0 aromatic carbocycles. The molecule has 0 saturated carbocycles. The maximum absolute atomic E-state index is 11.6. The quantitative estimate of drug-likeness (QED) is 0.156. The Morgan fingerprint density at radius 1 is 0.926 bits per heavy atom. The van der Waals surface area contributed by atoms with Crippen LogP contribution in [0.1, 0.15) is 96.8 Å². The van der Waals surface area contributed by atoms with Gasteiger partial charge in [-0.15, -0.1) is 4.52 Å². The van der Waals surface area contributed by atoms with E-state index in [4.69, 9.17) is 14.7 Å². The van der Waals surface area contributed by atoms with E-state index in [0.717, 1.165) is 32.1 Å². The Labute approximate surface area is 166 Å². The second-order valence-electron chi connectivity index (χ2n) is 7.12. The van der Waals surface area contributed by atoms with Crippen LogP contribution in [0.15, 0.2) is 12.2 Å². The maximum Gasteiger partial charge on any atom is 0.587 e. The lowest BCUT2D eigenvalue weighted by Crippen LogP contribution is -2.18. The number of carbonyl (C=O) groups excluding carboxylic acids is 1. The van der Waals surface area contributed by atoms with Gasteiger partial charge in [-0.3, -0.25) is 0 Å². The average Bonchev–Trinajstić information content (AvgIpc) is 2.68. The molecule has 2 atom stereocenters. The molecule has 27 heavy (non-hydrogen) atoms. The first kappa shape index (κ1) is 26.4. The molecule has 2 unspecified atom stereocenters. The van der Waals surface area contributed by atoms with Crippen LogP contribution >= 0.6 is 8.03 Å². The van der Waals surface area contributed by atoms with Crippen molar-refractivity contribution in [2.45, 2.75) is 103 Å². The van der Waals surface area contributed by atoms with Crippen molar-refractivity contribution in [3.8, 4) is 0 Å². The third kappa shape index (κ3) is 18.5. The van der Waals surface area contributed by atoms with E-state index >= 15 is 0 Å². The lowest BCUT2D eigenvalue weighted by molar-refractivity contribution is -0.112. The van der Waals surface area contributed by atoms with E-state index in [9.17, 15) is 9.36 Å². The van der Waals surface area contributed by atoms with Gasteiger partial charge in [0.2, 0.25) is 0 Å². The zero-order valence-corrected chi connectivity index (χ0v) is 18.0. The molecule has 158 valence electrons. The zero-order valence-electron chi connectivity index (χ0n) is 17.1. The fourth-order valence-electron chi connectivity index (χ4n) is 2.72. The molecule has 0 heterocycles. The molecule has 6 heteroatoms. The van der Waals surface area contributed by atoms with Gasteiger partial charge in [0.25, 0.3) is 0 Å². The summed E-state index contributed by atoms with van der Waals surface area (Å²) in [6.07, 6.45) is 19.3. The smallest absolute Gasteiger partial charge is 0.394 e. The van der Waals surface area contributed by atoms with Crippen molar-refractivity contribution < 1.29 is 24.1 Å². The lowest BCUT2D eigenvalue weighted by atomic mass is 10.1. The van der Waals surface area contributed by atoms with Gasteiger partial charge in [0.15, 0.2) is 0 Å². The minimum absolute atomic E-state index is 0.253. The first-order valence-corrected chi connectivity index (χ1v) is 11.9. The van der Waals surface area contributed by atoms with Crippen molar-refractivity contribution in [3.63, 3.8) is 0 Å². The van der Waals surface area contributed by atoms with Crippen molar-refractivity contribution >= 4 is 13.6 Å². The number of rotatable bonds is 20. The maximum atomic E-state index is 11.6. The number of hydrogen-bond donors (Lipinski definition) is 2. The Morgan fingerprint density at radius 2 is 1.44 bits per heavy atom. The van der Waals surface area contributed by atoms with E-state index in [1.54, 1.807) is 0 Å². The predicted molar refractivity (Wildman–Crippen MR) is 111 cm³/mol. The van der Waals surface area contributed by atoms with E-state index < -0.39 is 26.3 Å². The Kier molecular flexibility index (Phi) is 19.7. The van der Waals surface area contributed by atoms with Crippen LogP contribution in [0.5, 0.6) is 0 Å². The van der Waals surface area contributed by atoms with Crippen LogP contribution in [-0.2, 0) is 13.9 Å². The van der Waals surface area contributed by atoms with E-state index in [-0.39, 0.29) is 13.0 Å². The number of carbonyl (C=O) groups is 1. The van der Waals surface area contributed by atoms with Gasteiger partial charge in [0.05, 0.1) is 13.0 Å². The first-order chi connectivity index (χ1) is 13.1. The van der Waals surface area contributed by atoms with Crippen molar-refractivity contribution in [2.24, 2.45) is 0 Å². The molecule has 5 nitrogen and oxygen atoms in total. The van der Waals surface area contributed by atoms with Crippen molar-refractivity contribution in [1.29, 1.82) is 0 Å². The molecule has 0 amide bonds. The SMILES string of the molecule is CCCCCCCC/C=C\CCCCCCCC(=O)[P+](=O)OCC(O)CO. The second kappa shape index (κ2) is 20.1. The molecule has 0 fully saturated rings. The summed E-state index contributed by atoms with van der Waals surface area (Å²) in [5.41, 5.74) is -0.409. The summed E-state index contributed by atoms with van der Waals surface area (Å²) in [4.78, 5) is 11.6. The number of aliphatic hydroxyl groups excluding tert-OH is 2. The minimum atomic E-state index is -2.39. The van der Waals surface area contributed by atoms with Gasteiger partial charge in [-0.1, -0.05) is 70.4 Å². The van der Waals surface area contributed by atoms with Gasteiger partial charge in [-0.25, -0.2) is 4.79 Å². The molecular formula is C21H40O5P+. The largest absolute Gasteiger partial charge is 0.587 e. The van der Waals surface area contributed by atoms with Crippen molar-refractivity contribution in [2.75, 3.05) is 13.2 Å². The lowest BCUT2D eigenvalue weighted by Gasteiger charge is -2.00. The van der Waals surface area contributed by atoms with Crippen LogP contribution in [0.25, 0.3) is 0 Å². The van der Waals surface area contributed by atoms with Crippen LogP contribution in [0.3, 0.4) is 0 Å². The van der Waals surface area contributed by atoms with Gasteiger partial charge < -0.3 is 10.2 Å². The van der Waals surface area contributed by atoms with E-state index in [2.05, 4.69) is 19.1 Å². The predicted octanol–water partition coefficient (Wildman–Crippen LogP) is 5.66. The Morgan fingerprint density at radius 3 is 2.00 bits per heavy atom. The molecular weight excluding hydrogens is 363 g/mol. The van der Waals surface area contributed by atoms with Gasteiger partial charge >= 0.3 is 13.6 Å². The summed E-state index contributed by atoms with van der Waals surface area (Å²) in [5, 5.41) is 17.7. The highest BCUT2D eigenvalue weighted by Crippen LogP contribution is 2.26.